The van der Waals surface area contributed by atoms with E-state index in [4.69, 9.17) is 20.9 Å². The number of hydrogen-bond donors (Lipinski definition) is 0. The van der Waals surface area contributed by atoms with Gasteiger partial charge in [-0.25, -0.2) is 0 Å². The minimum absolute atomic E-state index is 0.00435. The Kier molecular flexibility index (Phi) is 5.78. The fraction of sp³-hybridized carbons (Fsp3) is 0.0476. The summed E-state index contributed by atoms with van der Waals surface area (Å²) in [4.78, 5) is 14.7. The van der Waals surface area contributed by atoms with Gasteiger partial charge in [0.05, 0.1) is 9.95 Å². The van der Waals surface area contributed by atoms with Gasteiger partial charge in [-0.1, -0.05) is 44.8 Å². The molecule has 0 N–H and O–H groups in total. The number of hydrogen-bond acceptors (Lipinski definition) is 6. The summed E-state index contributed by atoms with van der Waals surface area (Å²) in [5.41, 5.74) is 2.34. The van der Waals surface area contributed by atoms with Gasteiger partial charge < -0.3 is 9.26 Å². The van der Waals surface area contributed by atoms with Gasteiger partial charge in [0.1, 0.15) is 12.4 Å². The van der Waals surface area contributed by atoms with E-state index >= 15 is 0 Å². The van der Waals surface area contributed by atoms with E-state index in [1.165, 1.54) is 12.1 Å². The molecule has 0 aliphatic rings. The topological polar surface area (TPSA) is 91.3 Å². The summed E-state index contributed by atoms with van der Waals surface area (Å²) >= 11 is 9.52. The third-order valence-electron chi connectivity index (χ3n) is 4.25. The number of nitro groups is 1. The minimum Gasteiger partial charge on any atom is -0.487 e. The molecular formula is C21H13BrClN3O4. The Morgan fingerprint density at radius 2 is 1.73 bits per heavy atom. The van der Waals surface area contributed by atoms with Crippen molar-refractivity contribution in [3.63, 3.8) is 0 Å². The largest absolute Gasteiger partial charge is 0.487 e. The van der Waals surface area contributed by atoms with Gasteiger partial charge in [0.2, 0.25) is 5.82 Å². The number of nitrogens with zero attached hydrogens (tertiary/aromatic N) is 3. The number of rotatable bonds is 6. The maximum atomic E-state index is 10.8. The molecule has 4 aromatic rings. The molecule has 0 atom stereocenters. The van der Waals surface area contributed by atoms with Crippen molar-refractivity contribution >= 4 is 33.2 Å². The van der Waals surface area contributed by atoms with Crippen molar-refractivity contribution < 1.29 is 14.2 Å². The van der Waals surface area contributed by atoms with Gasteiger partial charge >= 0.3 is 0 Å². The first-order valence-electron chi connectivity index (χ1n) is 8.75. The molecule has 0 amide bonds. The molecule has 0 aliphatic heterocycles. The molecule has 4 rings (SSSR count). The lowest BCUT2D eigenvalue weighted by Gasteiger charge is -2.08. The molecule has 0 bridgehead atoms. The molecule has 0 spiro atoms. The number of non-ortho nitro benzene ring substituents is 1. The normalized spacial score (nSPS) is 10.7. The smallest absolute Gasteiger partial charge is 0.269 e. The van der Waals surface area contributed by atoms with Crippen molar-refractivity contribution in [3.05, 3.63) is 91.9 Å². The molecule has 30 heavy (non-hydrogen) atoms. The zero-order valence-corrected chi connectivity index (χ0v) is 17.6. The predicted octanol–water partition coefficient (Wildman–Crippen LogP) is 6.31. The van der Waals surface area contributed by atoms with Crippen LogP contribution in [0.3, 0.4) is 0 Å². The van der Waals surface area contributed by atoms with Crippen molar-refractivity contribution in [2.24, 2.45) is 0 Å². The van der Waals surface area contributed by atoms with E-state index in [0.29, 0.717) is 34.7 Å². The van der Waals surface area contributed by atoms with Crippen LogP contribution in [0.5, 0.6) is 5.75 Å². The molecule has 0 fully saturated rings. The molecule has 9 heteroatoms. The summed E-state index contributed by atoms with van der Waals surface area (Å²) in [5.74, 6) is 1.32. The number of benzene rings is 3. The Morgan fingerprint density at radius 3 is 2.40 bits per heavy atom. The molecule has 150 valence electrons. The average molecular weight is 487 g/mol. The zero-order chi connectivity index (χ0) is 21.1. The molecule has 0 aliphatic carbocycles. The number of ether oxygens (including phenoxy) is 1. The summed E-state index contributed by atoms with van der Waals surface area (Å²) in [7, 11) is 0. The van der Waals surface area contributed by atoms with Gasteiger partial charge in [-0.3, -0.25) is 10.1 Å². The first-order valence-corrected chi connectivity index (χ1v) is 9.92. The highest BCUT2D eigenvalue weighted by Gasteiger charge is 2.12. The molecular weight excluding hydrogens is 474 g/mol. The van der Waals surface area contributed by atoms with E-state index < -0.39 is 4.92 Å². The van der Waals surface area contributed by atoms with Crippen molar-refractivity contribution in [2.75, 3.05) is 0 Å². The monoisotopic (exact) mass is 485 g/mol. The van der Waals surface area contributed by atoms with E-state index in [1.807, 2.05) is 30.3 Å². The second-order valence-corrected chi connectivity index (χ2v) is 7.61. The first kappa shape index (κ1) is 20.1. The van der Waals surface area contributed by atoms with Crippen LogP contribution in [-0.2, 0) is 6.61 Å². The van der Waals surface area contributed by atoms with Crippen LogP contribution < -0.4 is 4.74 Å². The molecule has 0 radical (unpaired) electrons. The lowest BCUT2D eigenvalue weighted by molar-refractivity contribution is -0.384. The molecule has 3 aromatic carbocycles. The van der Waals surface area contributed by atoms with Crippen molar-refractivity contribution in [1.82, 2.24) is 10.1 Å². The second kappa shape index (κ2) is 8.64. The van der Waals surface area contributed by atoms with Gasteiger partial charge in [0.15, 0.2) is 0 Å². The Bertz CT molecular complexity index is 1190. The van der Waals surface area contributed by atoms with Gasteiger partial charge in [-0.2, -0.15) is 4.98 Å². The van der Waals surface area contributed by atoms with E-state index in [0.717, 1.165) is 15.6 Å². The lowest BCUT2D eigenvalue weighted by atomic mass is 10.1. The summed E-state index contributed by atoms with van der Waals surface area (Å²) in [6, 6.07) is 18.9. The van der Waals surface area contributed by atoms with E-state index in [1.54, 1.807) is 24.3 Å². The highest BCUT2D eigenvalue weighted by atomic mass is 79.9. The van der Waals surface area contributed by atoms with Crippen LogP contribution in [0.2, 0.25) is 5.02 Å². The number of halogens is 2. The fourth-order valence-electron chi connectivity index (χ4n) is 2.69. The molecule has 1 aromatic heterocycles. The maximum absolute atomic E-state index is 10.8. The number of nitro benzene ring substituents is 1. The van der Waals surface area contributed by atoms with Crippen LogP contribution in [-0.4, -0.2) is 15.1 Å². The molecule has 0 unspecified atom stereocenters. The summed E-state index contributed by atoms with van der Waals surface area (Å²) in [6.45, 7) is 0.361. The van der Waals surface area contributed by atoms with Crippen molar-refractivity contribution in [1.29, 1.82) is 0 Å². The standard InChI is InChI=1S/C21H13BrClN3O4/c22-16-7-10-19(18(23)11-16)29-12-13-1-3-15(4-2-13)21-24-20(25-30-21)14-5-8-17(9-6-14)26(27)28/h1-11H,12H2. The maximum Gasteiger partial charge on any atom is 0.269 e. The van der Waals surface area contributed by atoms with Crippen molar-refractivity contribution in [2.45, 2.75) is 6.61 Å². The summed E-state index contributed by atoms with van der Waals surface area (Å²) in [5, 5.41) is 15.2. The molecule has 0 saturated carbocycles. The first-order chi connectivity index (χ1) is 14.5. The van der Waals surface area contributed by atoms with Crippen molar-refractivity contribution in [3.8, 4) is 28.6 Å². The van der Waals surface area contributed by atoms with Crippen LogP contribution in [0, 0.1) is 10.1 Å². The Hall–Kier alpha value is -3.23. The highest BCUT2D eigenvalue weighted by Crippen LogP contribution is 2.29. The van der Waals surface area contributed by atoms with Crippen LogP contribution in [0.15, 0.2) is 75.7 Å². The lowest BCUT2D eigenvalue weighted by Crippen LogP contribution is -1.96. The van der Waals surface area contributed by atoms with E-state index in [-0.39, 0.29) is 5.69 Å². The molecule has 1 heterocycles. The molecule has 0 saturated heterocycles. The zero-order valence-electron chi connectivity index (χ0n) is 15.3. The Balaban J connectivity index is 1.44. The SMILES string of the molecule is O=[N+]([O-])c1ccc(-c2noc(-c3ccc(COc4ccc(Br)cc4Cl)cc3)n2)cc1. The third-order valence-corrected chi connectivity index (χ3v) is 5.04. The van der Waals surface area contributed by atoms with Gasteiger partial charge in [0.25, 0.3) is 11.6 Å². The third kappa shape index (κ3) is 4.50. The van der Waals surface area contributed by atoms with E-state index in [9.17, 15) is 10.1 Å². The van der Waals surface area contributed by atoms with Crippen LogP contribution in [0.25, 0.3) is 22.8 Å². The fourth-order valence-corrected chi connectivity index (χ4v) is 3.42. The van der Waals surface area contributed by atoms with Gasteiger partial charge in [-0.05, 0) is 48.0 Å². The minimum atomic E-state index is -0.457. The summed E-state index contributed by atoms with van der Waals surface area (Å²) in [6.07, 6.45) is 0. The average Bonchev–Trinajstić information content (AvgIpc) is 3.24. The van der Waals surface area contributed by atoms with Gasteiger partial charge in [0, 0.05) is 27.7 Å². The Labute approximate surface area is 184 Å². The van der Waals surface area contributed by atoms with Gasteiger partial charge in [-0.15, -0.1) is 0 Å². The summed E-state index contributed by atoms with van der Waals surface area (Å²) < 4.78 is 12.0. The Morgan fingerprint density at radius 1 is 1.03 bits per heavy atom. The van der Waals surface area contributed by atoms with Crippen LogP contribution in [0.1, 0.15) is 5.56 Å². The van der Waals surface area contributed by atoms with Crippen LogP contribution >= 0.6 is 27.5 Å². The van der Waals surface area contributed by atoms with Crippen LogP contribution in [0.4, 0.5) is 5.69 Å². The molecule has 7 nitrogen and oxygen atoms in total. The van der Waals surface area contributed by atoms with E-state index in [2.05, 4.69) is 26.1 Å². The highest BCUT2D eigenvalue weighted by molar-refractivity contribution is 9.10. The predicted molar refractivity (Wildman–Crippen MR) is 115 cm³/mol. The quantitative estimate of drug-likeness (QED) is 0.234. The number of aromatic nitrogens is 2. The second-order valence-electron chi connectivity index (χ2n) is 6.29.